The Morgan fingerprint density at radius 2 is 2.12 bits per heavy atom. The van der Waals surface area contributed by atoms with Gasteiger partial charge in [0.1, 0.15) is 0 Å². The van der Waals surface area contributed by atoms with Gasteiger partial charge in [-0.2, -0.15) is 0 Å². The third-order valence-electron chi connectivity index (χ3n) is 2.90. The number of hydrogen-bond acceptors (Lipinski definition) is 5. The molecule has 3 N–H and O–H groups in total. The summed E-state index contributed by atoms with van der Waals surface area (Å²) in [5.41, 5.74) is 2.58. The van der Waals surface area contributed by atoms with Gasteiger partial charge < -0.3 is 4.74 Å². The fourth-order valence-corrected chi connectivity index (χ4v) is 4.08. The smallest absolute Gasteiger partial charge is 0.154 e. The SMILES string of the molecule is CC(C)OCC(NN)C1CCCCS1(=O)=O. The van der Waals surface area contributed by atoms with Crippen molar-refractivity contribution in [2.45, 2.75) is 50.5 Å². The first-order chi connectivity index (χ1) is 7.47. The molecule has 0 aliphatic carbocycles. The summed E-state index contributed by atoms with van der Waals surface area (Å²) in [7, 11) is -3.01. The predicted octanol–water partition coefficient (Wildman–Crippen LogP) is 0.211. The van der Waals surface area contributed by atoms with Crippen LogP contribution >= 0.6 is 0 Å². The Bertz CT molecular complexity index is 303. The zero-order valence-electron chi connectivity index (χ0n) is 9.98. The maximum absolute atomic E-state index is 11.9. The van der Waals surface area contributed by atoms with E-state index in [9.17, 15) is 8.42 Å². The Hall–Kier alpha value is -0.170. The van der Waals surface area contributed by atoms with E-state index in [0.717, 1.165) is 12.8 Å². The van der Waals surface area contributed by atoms with E-state index in [1.165, 1.54) is 0 Å². The van der Waals surface area contributed by atoms with E-state index in [1.54, 1.807) is 0 Å². The van der Waals surface area contributed by atoms with E-state index in [4.69, 9.17) is 10.6 Å². The van der Waals surface area contributed by atoms with Gasteiger partial charge >= 0.3 is 0 Å². The quantitative estimate of drug-likeness (QED) is 0.538. The van der Waals surface area contributed by atoms with E-state index in [-0.39, 0.29) is 17.9 Å². The van der Waals surface area contributed by atoms with Crippen LogP contribution in [0.5, 0.6) is 0 Å². The van der Waals surface area contributed by atoms with Gasteiger partial charge in [0.25, 0.3) is 0 Å². The molecule has 0 aromatic carbocycles. The summed E-state index contributed by atoms with van der Waals surface area (Å²) in [6.45, 7) is 4.18. The molecule has 1 heterocycles. The maximum Gasteiger partial charge on any atom is 0.154 e. The van der Waals surface area contributed by atoms with Crippen LogP contribution < -0.4 is 11.3 Å². The highest BCUT2D eigenvalue weighted by Gasteiger charge is 2.35. The molecule has 6 heteroatoms. The second kappa shape index (κ2) is 5.95. The monoisotopic (exact) mass is 250 g/mol. The summed E-state index contributed by atoms with van der Waals surface area (Å²) in [6, 6.07) is -0.298. The van der Waals surface area contributed by atoms with Gasteiger partial charge in [-0.15, -0.1) is 0 Å². The molecular weight excluding hydrogens is 228 g/mol. The Labute approximate surface area is 97.6 Å². The minimum absolute atomic E-state index is 0.0853. The van der Waals surface area contributed by atoms with Crippen molar-refractivity contribution in [3.63, 3.8) is 0 Å². The Kier molecular flexibility index (Phi) is 5.17. The van der Waals surface area contributed by atoms with Gasteiger partial charge in [0.15, 0.2) is 9.84 Å². The second-order valence-electron chi connectivity index (χ2n) is 4.56. The van der Waals surface area contributed by atoms with Gasteiger partial charge in [-0.05, 0) is 26.7 Å². The minimum Gasteiger partial charge on any atom is -0.377 e. The zero-order chi connectivity index (χ0) is 12.2. The summed E-state index contributed by atoms with van der Waals surface area (Å²) in [5.74, 6) is 5.69. The van der Waals surface area contributed by atoms with E-state index < -0.39 is 15.1 Å². The number of ether oxygens (including phenoxy) is 1. The van der Waals surface area contributed by atoms with Crippen LogP contribution in [0.2, 0.25) is 0 Å². The van der Waals surface area contributed by atoms with Crippen LogP contribution in [0, 0.1) is 0 Å². The van der Waals surface area contributed by atoms with Crippen molar-refractivity contribution in [1.29, 1.82) is 0 Å². The Morgan fingerprint density at radius 1 is 1.44 bits per heavy atom. The number of nitrogens with two attached hydrogens (primary N) is 1. The largest absolute Gasteiger partial charge is 0.377 e. The molecule has 1 saturated heterocycles. The highest BCUT2D eigenvalue weighted by Crippen LogP contribution is 2.22. The molecule has 0 bridgehead atoms. The van der Waals surface area contributed by atoms with Crippen molar-refractivity contribution in [3.05, 3.63) is 0 Å². The minimum atomic E-state index is -3.01. The topological polar surface area (TPSA) is 81.4 Å². The first-order valence-electron chi connectivity index (χ1n) is 5.76. The van der Waals surface area contributed by atoms with Crippen LogP contribution in [-0.2, 0) is 14.6 Å². The van der Waals surface area contributed by atoms with Crippen LogP contribution in [0.3, 0.4) is 0 Å². The average Bonchev–Trinajstić information content (AvgIpc) is 2.20. The molecule has 16 heavy (non-hydrogen) atoms. The van der Waals surface area contributed by atoms with Gasteiger partial charge in [0, 0.05) is 0 Å². The molecule has 0 radical (unpaired) electrons. The van der Waals surface area contributed by atoms with Crippen LogP contribution in [0.1, 0.15) is 33.1 Å². The lowest BCUT2D eigenvalue weighted by molar-refractivity contribution is 0.0594. The first kappa shape index (κ1) is 13.9. The van der Waals surface area contributed by atoms with Crippen molar-refractivity contribution in [1.82, 2.24) is 5.43 Å². The number of rotatable bonds is 5. The second-order valence-corrected chi connectivity index (χ2v) is 6.90. The summed E-state index contributed by atoms with van der Waals surface area (Å²) in [6.07, 6.45) is 2.48. The molecule has 2 unspecified atom stereocenters. The normalized spacial score (nSPS) is 26.9. The predicted molar refractivity (Wildman–Crippen MR) is 63.6 cm³/mol. The van der Waals surface area contributed by atoms with Crippen LogP contribution in [0.4, 0.5) is 0 Å². The lowest BCUT2D eigenvalue weighted by Crippen LogP contribution is -2.52. The zero-order valence-corrected chi connectivity index (χ0v) is 10.8. The molecule has 96 valence electrons. The lowest BCUT2D eigenvalue weighted by atomic mass is 10.1. The third-order valence-corrected chi connectivity index (χ3v) is 5.25. The van der Waals surface area contributed by atoms with Gasteiger partial charge in [0.2, 0.25) is 0 Å². The van der Waals surface area contributed by atoms with Gasteiger partial charge in [-0.1, -0.05) is 6.42 Å². The van der Waals surface area contributed by atoms with Crippen LogP contribution in [0.15, 0.2) is 0 Å². The highest BCUT2D eigenvalue weighted by atomic mass is 32.2. The van der Waals surface area contributed by atoms with Gasteiger partial charge in [-0.3, -0.25) is 11.3 Å². The number of sulfone groups is 1. The van der Waals surface area contributed by atoms with Crippen molar-refractivity contribution in [2.75, 3.05) is 12.4 Å². The maximum atomic E-state index is 11.9. The van der Waals surface area contributed by atoms with Crippen molar-refractivity contribution < 1.29 is 13.2 Å². The molecule has 1 fully saturated rings. The number of hydrogen-bond donors (Lipinski definition) is 2. The lowest BCUT2D eigenvalue weighted by Gasteiger charge is -2.29. The first-order valence-corrected chi connectivity index (χ1v) is 7.48. The van der Waals surface area contributed by atoms with Gasteiger partial charge in [-0.25, -0.2) is 8.42 Å². The summed E-state index contributed by atoms with van der Waals surface area (Å²) in [5, 5.41) is -0.398. The highest BCUT2D eigenvalue weighted by molar-refractivity contribution is 7.92. The van der Waals surface area contributed by atoms with Crippen LogP contribution in [-0.4, -0.2) is 38.2 Å². The molecule has 2 atom stereocenters. The summed E-state index contributed by atoms with van der Waals surface area (Å²) < 4.78 is 29.2. The van der Waals surface area contributed by atoms with Gasteiger partial charge in [0.05, 0.1) is 29.8 Å². The molecule has 0 amide bonds. The molecule has 1 rings (SSSR count). The summed E-state index contributed by atoms with van der Waals surface area (Å²) in [4.78, 5) is 0. The fourth-order valence-electron chi connectivity index (χ4n) is 1.99. The molecular formula is C10H22N2O3S. The molecule has 0 spiro atoms. The Balaban J connectivity index is 2.63. The van der Waals surface area contributed by atoms with Crippen LogP contribution in [0.25, 0.3) is 0 Å². The Morgan fingerprint density at radius 3 is 2.62 bits per heavy atom. The molecule has 0 aromatic heterocycles. The van der Waals surface area contributed by atoms with Crippen molar-refractivity contribution >= 4 is 9.84 Å². The molecule has 0 aromatic rings. The molecule has 1 aliphatic rings. The number of nitrogens with one attached hydrogen (secondary N) is 1. The van der Waals surface area contributed by atoms with Crippen molar-refractivity contribution in [2.24, 2.45) is 5.84 Å². The molecule has 5 nitrogen and oxygen atoms in total. The van der Waals surface area contributed by atoms with E-state index >= 15 is 0 Å². The van der Waals surface area contributed by atoms with E-state index in [2.05, 4.69) is 5.43 Å². The summed E-state index contributed by atoms with van der Waals surface area (Å²) >= 11 is 0. The van der Waals surface area contributed by atoms with Crippen molar-refractivity contribution in [3.8, 4) is 0 Å². The third kappa shape index (κ3) is 3.69. The van der Waals surface area contributed by atoms with E-state index in [1.807, 2.05) is 13.8 Å². The van der Waals surface area contributed by atoms with E-state index in [0.29, 0.717) is 13.0 Å². The molecule has 1 aliphatic heterocycles. The molecule has 0 saturated carbocycles. The number of hydrazine groups is 1. The average molecular weight is 250 g/mol. The standard InChI is InChI=1S/C10H22N2O3S/c1-8(2)15-7-9(12-11)10-5-3-4-6-16(10,13)14/h8-10,12H,3-7,11H2,1-2H3. The fraction of sp³-hybridized carbons (Fsp3) is 1.00.